The molecule has 2 saturated carbocycles. The fourth-order valence-corrected chi connectivity index (χ4v) is 4.65. The minimum atomic E-state index is -1.11. The summed E-state index contributed by atoms with van der Waals surface area (Å²) in [6.07, 6.45) is 10.1. The number of hydrogen-bond donors (Lipinski definition) is 2. The van der Waals surface area contributed by atoms with Crippen LogP contribution in [0, 0.1) is 11.8 Å². The van der Waals surface area contributed by atoms with Gasteiger partial charge in [0, 0.05) is 0 Å². The molecule has 2 aliphatic carbocycles. The van der Waals surface area contributed by atoms with Gasteiger partial charge in [0.25, 0.3) is 0 Å². The molecule has 0 amide bonds. The van der Waals surface area contributed by atoms with Gasteiger partial charge >= 0.3 is 11.9 Å². The molecular weight excluding hydrogens is 320 g/mol. The molecule has 0 aliphatic heterocycles. The Kier molecular flexibility index (Phi) is 6.82. The molecule has 5 heteroatoms. The van der Waals surface area contributed by atoms with Crippen LogP contribution in [-0.4, -0.2) is 34.4 Å². The molecule has 0 saturated heterocycles. The summed E-state index contributed by atoms with van der Waals surface area (Å²) in [5.41, 5.74) is -0.941. The zero-order valence-electron chi connectivity index (χ0n) is 15.0. The van der Waals surface area contributed by atoms with Crippen LogP contribution in [0.4, 0.5) is 0 Å². The van der Waals surface area contributed by atoms with Gasteiger partial charge in [-0.1, -0.05) is 51.7 Å². The normalized spacial score (nSPS) is 20.2. The van der Waals surface area contributed by atoms with E-state index >= 15 is 0 Å². The molecule has 2 N–H and O–H groups in total. The van der Waals surface area contributed by atoms with E-state index in [4.69, 9.17) is 9.84 Å². The van der Waals surface area contributed by atoms with Crippen molar-refractivity contribution in [1.29, 1.82) is 0 Å². The Morgan fingerprint density at radius 2 is 1.28 bits per heavy atom. The number of aliphatic carboxylic acids is 2. The Labute approximate surface area is 149 Å². The summed E-state index contributed by atoms with van der Waals surface area (Å²) in [4.78, 5) is 23.0. The number of ether oxygens (including phenoxy) is 1. The monoisotopic (exact) mass is 350 g/mol. The maximum Gasteiger partial charge on any atom is 0.333 e. The minimum Gasteiger partial charge on any atom is -0.478 e. The molecule has 0 aromatic rings. The molecule has 25 heavy (non-hydrogen) atoms. The lowest BCUT2D eigenvalue weighted by atomic mass is 9.63. The number of carboxylic acid groups (broad SMARTS) is 2. The third-order valence-corrected chi connectivity index (χ3v) is 5.94. The van der Waals surface area contributed by atoms with E-state index in [1.54, 1.807) is 0 Å². The van der Waals surface area contributed by atoms with Gasteiger partial charge in [-0.05, 0) is 37.5 Å². The van der Waals surface area contributed by atoms with Crippen LogP contribution in [0.15, 0.2) is 24.3 Å². The molecule has 0 spiro atoms. The lowest BCUT2D eigenvalue weighted by Gasteiger charge is -2.49. The first-order valence-electron chi connectivity index (χ1n) is 9.37. The molecule has 0 bridgehead atoms. The molecule has 2 rings (SSSR count). The van der Waals surface area contributed by atoms with E-state index in [9.17, 15) is 14.7 Å². The molecule has 140 valence electrons. The summed E-state index contributed by atoms with van der Waals surface area (Å²) in [5.74, 6) is -2.00. The van der Waals surface area contributed by atoms with Crippen LogP contribution < -0.4 is 0 Å². The predicted octanol–water partition coefficient (Wildman–Crippen LogP) is 4.18. The number of hydrogen-bond acceptors (Lipinski definition) is 3. The predicted molar refractivity (Wildman–Crippen MR) is 95.4 cm³/mol. The third kappa shape index (κ3) is 4.32. The minimum absolute atomic E-state index is 0.0471. The first-order chi connectivity index (χ1) is 11.9. The van der Waals surface area contributed by atoms with Crippen LogP contribution in [-0.2, 0) is 14.3 Å². The SMILES string of the molecule is C=C(COC(C(=C)C(=O)O)(C1CCCCC1)C1CCCCC1)C(=O)O. The van der Waals surface area contributed by atoms with Gasteiger partial charge in [0.2, 0.25) is 0 Å². The van der Waals surface area contributed by atoms with Gasteiger partial charge in [-0.2, -0.15) is 0 Å². The van der Waals surface area contributed by atoms with Gasteiger partial charge in [0.15, 0.2) is 0 Å². The maximum atomic E-state index is 11.9. The van der Waals surface area contributed by atoms with Crippen molar-refractivity contribution in [2.45, 2.75) is 69.8 Å². The second kappa shape index (κ2) is 8.65. The Balaban J connectivity index is 2.38. The summed E-state index contributed by atoms with van der Waals surface area (Å²) in [5, 5.41) is 18.9. The molecule has 0 aromatic heterocycles. The lowest BCUT2D eigenvalue weighted by Crippen LogP contribution is -2.52. The second-order valence-electron chi connectivity index (χ2n) is 7.44. The third-order valence-electron chi connectivity index (χ3n) is 5.94. The van der Waals surface area contributed by atoms with Gasteiger partial charge in [0.1, 0.15) is 5.60 Å². The van der Waals surface area contributed by atoms with Gasteiger partial charge in [-0.25, -0.2) is 9.59 Å². The van der Waals surface area contributed by atoms with Crippen molar-refractivity contribution < 1.29 is 24.5 Å². The van der Waals surface area contributed by atoms with E-state index in [1.165, 1.54) is 0 Å². The van der Waals surface area contributed by atoms with Crippen molar-refractivity contribution in [2.24, 2.45) is 11.8 Å². The van der Waals surface area contributed by atoms with E-state index in [1.807, 2.05) is 0 Å². The molecular formula is C20H30O5. The van der Waals surface area contributed by atoms with Gasteiger partial charge in [0.05, 0.1) is 17.8 Å². The highest BCUT2D eigenvalue weighted by atomic mass is 16.5. The highest BCUT2D eigenvalue weighted by molar-refractivity contribution is 5.89. The molecule has 0 unspecified atom stereocenters. The molecule has 0 heterocycles. The average Bonchev–Trinajstić information content (AvgIpc) is 2.63. The summed E-state index contributed by atoms with van der Waals surface area (Å²) >= 11 is 0. The van der Waals surface area contributed by atoms with Crippen molar-refractivity contribution in [3.8, 4) is 0 Å². The van der Waals surface area contributed by atoms with Crippen molar-refractivity contribution in [3.63, 3.8) is 0 Å². The van der Waals surface area contributed by atoms with Crippen molar-refractivity contribution >= 4 is 11.9 Å². The summed E-state index contributed by atoms with van der Waals surface area (Å²) in [7, 11) is 0. The van der Waals surface area contributed by atoms with Crippen LogP contribution in [0.3, 0.4) is 0 Å². The zero-order chi connectivity index (χ0) is 18.4. The van der Waals surface area contributed by atoms with Crippen molar-refractivity contribution in [1.82, 2.24) is 0 Å². The number of rotatable bonds is 8. The molecule has 2 fully saturated rings. The largest absolute Gasteiger partial charge is 0.478 e. The van der Waals surface area contributed by atoms with E-state index in [-0.39, 0.29) is 29.6 Å². The number of carbonyl (C=O) groups is 2. The topological polar surface area (TPSA) is 83.8 Å². The smallest absolute Gasteiger partial charge is 0.333 e. The molecule has 0 aromatic carbocycles. The van der Waals surface area contributed by atoms with Gasteiger partial charge in [-0.3, -0.25) is 0 Å². The zero-order valence-corrected chi connectivity index (χ0v) is 15.0. The Hall–Kier alpha value is -1.62. The van der Waals surface area contributed by atoms with Crippen LogP contribution in [0.2, 0.25) is 0 Å². The van der Waals surface area contributed by atoms with Crippen molar-refractivity contribution in [3.05, 3.63) is 24.3 Å². The summed E-state index contributed by atoms with van der Waals surface area (Å²) in [6, 6.07) is 0. The van der Waals surface area contributed by atoms with Gasteiger partial charge < -0.3 is 14.9 Å². The fraction of sp³-hybridized carbons (Fsp3) is 0.700. The number of carboxylic acids is 2. The summed E-state index contributed by atoms with van der Waals surface area (Å²) in [6.45, 7) is 7.29. The Bertz CT molecular complexity index is 506. The van der Waals surface area contributed by atoms with Crippen LogP contribution in [0.25, 0.3) is 0 Å². The average molecular weight is 350 g/mol. The maximum absolute atomic E-state index is 11.9. The Morgan fingerprint density at radius 1 is 0.840 bits per heavy atom. The van der Waals surface area contributed by atoms with Crippen molar-refractivity contribution in [2.75, 3.05) is 6.61 Å². The first-order valence-corrected chi connectivity index (χ1v) is 9.37. The van der Waals surface area contributed by atoms with Crippen LogP contribution in [0.5, 0.6) is 0 Å². The molecule has 2 aliphatic rings. The summed E-state index contributed by atoms with van der Waals surface area (Å²) < 4.78 is 6.19. The molecule has 0 atom stereocenters. The van der Waals surface area contributed by atoms with Gasteiger partial charge in [-0.15, -0.1) is 0 Å². The van der Waals surface area contributed by atoms with E-state index in [2.05, 4.69) is 13.2 Å². The van der Waals surface area contributed by atoms with E-state index in [0.29, 0.717) is 0 Å². The highest BCUT2D eigenvalue weighted by Gasteiger charge is 2.51. The fourth-order valence-electron chi connectivity index (χ4n) is 4.65. The first kappa shape index (κ1) is 19.7. The quantitative estimate of drug-likeness (QED) is 0.642. The molecule has 5 nitrogen and oxygen atoms in total. The standard InChI is InChI=1S/C20H30O5/c1-14(18(21)22)13-25-20(15(2)19(23)24,16-9-5-3-6-10-16)17-11-7-4-8-12-17/h16-17H,1-13H2,(H,21,22)(H,23,24). The lowest BCUT2D eigenvalue weighted by molar-refractivity contribution is -0.147. The second-order valence-corrected chi connectivity index (χ2v) is 7.44. The van der Waals surface area contributed by atoms with E-state index < -0.39 is 17.5 Å². The van der Waals surface area contributed by atoms with E-state index in [0.717, 1.165) is 64.2 Å². The molecule has 0 radical (unpaired) electrons. The highest BCUT2D eigenvalue weighted by Crippen LogP contribution is 2.49. The van der Waals surface area contributed by atoms with Crippen LogP contribution in [0.1, 0.15) is 64.2 Å². The van der Waals surface area contributed by atoms with Crippen LogP contribution >= 0.6 is 0 Å². The Morgan fingerprint density at radius 3 is 1.64 bits per heavy atom.